The zero-order chi connectivity index (χ0) is 12.4. The Labute approximate surface area is 111 Å². The molecule has 17 heavy (non-hydrogen) atoms. The molecule has 4 heteroatoms. The highest BCUT2D eigenvalue weighted by Crippen LogP contribution is 2.26. The SMILES string of the molecule is Cc1cc(N2CCC([C@@H](C)O)CC2)ncc1Br. The Morgan fingerprint density at radius 3 is 2.65 bits per heavy atom. The molecule has 1 aromatic rings. The van der Waals surface area contributed by atoms with Crippen LogP contribution >= 0.6 is 15.9 Å². The normalized spacial score (nSPS) is 19.4. The summed E-state index contributed by atoms with van der Waals surface area (Å²) in [5.41, 5.74) is 1.22. The van der Waals surface area contributed by atoms with Crippen molar-refractivity contribution in [1.82, 2.24) is 4.98 Å². The summed E-state index contributed by atoms with van der Waals surface area (Å²) in [7, 11) is 0. The number of nitrogens with zero attached hydrogens (tertiary/aromatic N) is 2. The van der Waals surface area contributed by atoms with Crippen LogP contribution in [-0.4, -0.2) is 29.3 Å². The molecule has 1 N–H and O–H groups in total. The number of halogens is 1. The minimum atomic E-state index is -0.184. The maximum Gasteiger partial charge on any atom is 0.128 e. The molecule has 1 fully saturated rings. The fourth-order valence-corrected chi connectivity index (χ4v) is 2.53. The molecule has 94 valence electrons. The van der Waals surface area contributed by atoms with Gasteiger partial charge in [-0.05, 0) is 60.2 Å². The molecule has 0 aromatic carbocycles. The molecule has 1 atom stereocenters. The van der Waals surface area contributed by atoms with Gasteiger partial charge in [0.25, 0.3) is 0 Å². The minimum absolute atomic E-state index is 0.184. The van der Waals surface area contributed by atoms with Gasteiger partial charge >= 0.3 is 0 Å². The number of aliphatic hydroxyl groups excluding tert-OH is 1. The van der Waals surface area contributed by atoms with E-state index in [0.29, 0.717) is 5.92 Å². The molecule has 0 spiro atoms. The highest BCUT2D eigenvalue weighted by atomic mass is 79.9. The Kier molecular flexibility index (Phi) is 4.05. The summed E-state index contributed by atoms with van der Waals surface area (Å²) < 4.78 is 1.06. The van der Waals surface area contributed by atoms with Crippen molar-refractivity contribution < 1.29 is 5.11 Å². The summed E-state index contributed by atoms with van der Waals surface area (Å²) in [6.07, 6.45) is 3.78. The third-order valence-corrected chi connectivity index (χ3v) is 4.41. The first-order valence-electron chi connectivity index (χ1n) is 6.13. The molecule has 1 aliphatic heterocycles. The number of rotatable bonds is 2. The Bertz CT molecular complexity index is 387. The van der Waals surface area contributed by atoms with Gasteiger partial charge in [0.1, 0.15) is 5.82 Å². The van der Waals surface area contributed by atoms with Crippen LogP contribution in [0.2, 0.25) is 0 Å². The van der Waals surface area contributed by atoms with E-state index in [1.54, 1.807) is 0 Å². The maximum absolute atomic E-state index is 9.57. The lowest BCUT2D eigenvalue weighted by Gasteiger charge is -2.34. The summed E-state index contributed by atoms with van der Waals surface area (Å²) in [6, 6.07) is 2.12. The highest BCUT2D eigenvalue weighted by Gasteiger charge is 2.23. The Morgan fingerprint density at radius 2 is 2.12 bits per heavy atom. The Hall–Kier alpha value is -0.610. The smallest absolute Gasteiger partial charge is 0.128 e. The lowest BCUT2D eigenvalue weighted by atomic mass is 9.92. The van der Waals surface area contributed by atoms with Crippen molar-refractivity contribution in [3.8, 4) is 0 Å². The molecule has 2 heterocycles. The van der Waals surface area contributed by atoms with Crippen molar-refractivity contribution in [2.75, 3.05) is 18.0 Å². The van der Waals surface area contributed by atoms with E-state index in [-0.39, 0.29) is 6.10 Å². The molecule has 0 unspecified atom stereocenters. The molecule has 0 saturated carbocycles. The number of anilines is 1. The number of aryl methyl sites for hydroxylation is 1. The number of pyridine rings is 1. The number of hydrogen-bond donors (Lipinski definition) is 1. The molecule has 2 rings (SSSR count). The van der Waals surface area contributed by atoms with Crippen LogP contribution in [0.3, 0.4) is 0 Å². The number of hydrogen-bond acceptors (Lipinski definition) is 3. The van der Waals surface area contributed by atoms with Gasteiger partial charge in [0, 0.05) is 23.8 Å². The van der Waals surface area contributed by atoms with Gasteiger partial charge in [-0.2, -0.15) is 0 Å². The van der Waals surface area contributed by atoms with E-state index in [2.05, 4.69) is 38.8 Å². The van der Waals surface area contributed by atoms with Crippen LogP contribution in [0, 0.1) is 12.8 Å². The Balaban J connectivity index is 2.03. The van der Waals surface area contributed by atoms with Crippen LogP contribution < -0.4 is 4.90 Å². The van der Waals surface area contributed by atoms with Crippen LogP contribution in [0.1, 0.15) is 25.3 Å². The molecule has 0 amide bonds. The van der Waals surface area contributed by atoms with E-state index < -0.39 is 0 Å². The van der Waals surface area contributed by atoms with Gasteiger partial charge in [-0.25, -0.2) is 4.98 Å². The first-order chi connectivity index (χ1) is 8.08. The van der Waals surface area contributed by atoms with Crippen LogP contribution in [-0.2, 0) is 0 Å². The van der Waals surface area contributed by atoms with E-state index in [4.69, 9.17) is 0 Å². The van der Waals surface area contributed by atoms with E-state index in [0.717, 1.165) is 36.2 Å². The Morgan fingerprint density at radius 1 is 1.47 bits per heavy atom. The third kappa shape index (κ3) is 2.99. The minimum Gasteiger partial charge on any atom is -0.393 e. The lowest BCUT2D eigenvalue weighted by Crippen LogP contribution is -2.37. The molecule has 0 bridgehead atoms. The van der Waals surface area contributed by atoms with Gasteiger partial charge in [-0.1, -0.05) is 0 Å². The predicted molar refractivity (Wildman–Crippen MR) is 73.3 cm³/mol. The van der Waals surface area contributed by atoms with Crippen LogP contribution in [0.5, 0.6) is 0 Å². The van der Waals surface area contributed by atoms with E-state index >= 15 is 0 Å². The van der Waals surface area contributed by atoms with Gasteiger partial charge in [0.05, 0.1) is 6.10 Å². The van der Waals surface area contributed by atoms with Crippen molar-refractivity contribution in [3.63, 3.8) is 0 Å². The van der Waals surface area contributed by atoms with E-state index in [1.807, 2.05) is 13.1 Å². The molecule has 0 radical (unpaired) electrons. The van der Waals surface area contributed by atoms with Crippen molar-refractivity contribution in [1.29, 1.82) is 0 Å². The molecule has 1 aliphatic rings. The number of aromatic nitrogens is 1. The molecule has 0 aliphatic carbocycles. The largest absolute Gasteiger partial charge is 0.393 e. The quantitative estimate of drug-likeness (QED) is 0.912. The summed E-state index contributed by atoms with van der Waals surface area (Å²) in [5, 5.41) is 9.57. The molecule has 3 nitrogen and oxygen atoms in total. The second-order valence-corrected chi connectivity index (χ2v) is 5.71. The topological polar surface area (TPSA) is 36.4 Å². The van der Waals surface area contributed by atoms with Crippen molar-refractivity contribution >= 4 is 21.7 Å². The fourth-order valence-electron chi connectivity index (χ4n) is 2.31. The second-order valence-electron chi connectivity index (χ2n) is 4.86. The van der Waals surface area contributed by atoms with Crippen molar-refractivity contribution in [3.05, 3.63) is 22.3 Å². The highest BCUT2D eigenvalue weighted by molar-refractivity contribution is 9.10. The monoisotopic (exact) mass is 298 g/mol. The molecular weight excluding hydrogens is 280 g/mol. The first kappa shape index (κ1) is 12.8. The van der Waals surface area contributed by atoms with Gasteiger partial charge in [0.15, 0.2) is 0 Å². The fraction of sp³-hybridized carbons (Fsp3) is 0.615. The molecular formula is C13H19BrN2O. The predicted octanol–water partition coefficient (Wildman–Crippen LogP) is 2.75. The van der Waals surface area contributed by atoms with E-state index in [9.17, 15) is 5.11 Å². The first-order valence-corrected chi connectivity index (χ1v) is 6.92. The van der Waals surface area contributed by atoms with Gasteiger partial charge in [0.2, 0.25) is 0 Å². The van der Waals surface area contributed by atoms with Crippen LogP contribution in [0.15, 0.2) is 16.7 Å². The number of aliphatic hydroxyl groups is 1. The van der Waals surface area contributed by atoms with Crippen LogP contribution in [0.25, 0.3) is 0 Å². The standard InChI is InChI=1S/C13H19BrN2O/c1-9-7-13(15-8-12(9)14)16-5-3-11(4-6-16)10(2)17/h7-8,10-11,17H,3-6H2,1-2H3/t10-/m1/s1. The summed E-state index contributed by atoms with van der Waals surface area (Å²) in [5.74, 6) is 1.50. The van der Waals surface area contributed by atoms with E-state index in [1.165, 1.54) is 5.56 Å². The molecule has 1 aromatic heterocycles. The van der Waals surface area contributed by atoms with Gasteiger partial charge < -0.3 is 10.0 Å². The van der Waals surface area contributed by atoms with Gasteiger partial charge in [-0.15, -0.1) is 0 Å². The van der Waals surface area contributed by atoms with Crippen molar-refractivity contribution in [2.24, 2.45) is 5.92 Å². The van der Waals surface area contributed by atoms with Crippen molar-refractivity contribution in [2.45, 2.75) is 32.8 Å². The zero-order valence-corrected chi connectivity index (χ0v) is 11.9. The average molecular weight is 299 g/mol. The van der Waals surface area contributed by atoms with Crippen LogP contribution in [0.4, 0.5) is 5.82 Å². The zero-order valence-electron chi connectivity index (χ0n) is 10.4. The lowest BCUT2D eigenvalue weighted by molar-refractivity contribution is 0.110. The maximum atomic E-state index is 9.57. The second kappa shape index (κ2) is 5.36. The average Bonchev–Trinajstić information content (AvgIpc) is 2.33. The summed E-state index contributed by atoms with van der Waals surface area (Å²) in [6.45, 7) is 5.95. The summed E-state index contributed by atoms with van der Waals surface area (Å²) in [4.78, 5) is 6.75. The van der Waals surface area contributed by atoms with Gasteiger partial charge in [-0.3, -0.25) is 0 Å². The third-order valence-electron chi connectivity index (χ3n) is 3.58. The summed E-state index contributed by atoms with van der Waals surface area (Å²) >= 11 is 3.47. The molecule has 1 saturated heterocycles. The number of piperidine rings is 1.